The minimum absolute atomic E-state index is 0.0154. The van der Waals surface area contributed by atoms with E-state index in [4.69, 9.17) is 0 Å². The molecule has 2 aliphatic carbocycles. The van der Waals surface area contributed by atoms with Crippen molar-refractivity contribution < 1.29 is 23.3 Å². The van der Waals surface area contributed by atoms with E-state index in [-0.39, 0.29) is 33.9 Å². The van der Waals surface area contributed by atoms with Crippen LogP contribution < -0.4 is 10.6 Å². The van der Waals surface area contributed by atoms with Gasteiger partial charge >= 0.3 is 0 Å². The van der Waals surface area contributed by atoms with Gasteiger partial charge in [-0.3, -0.25) is 24.7 Å². The summed E-state index contributed by atoms with van der Waals surface area (Å²) in [5, 5.41) is 17.4. The highest BCUT2D eigenvalue weighted by molar-refractivity contribution is 9.10. The summed E-state index contributed by atoms with van der Waals surface area (Å²) in [7, 11) is 1.65. The van der Waals surface area contributed by atoms with Gasteiger partial charge in [-0.05, 0) is 42.2 Å². The topological polar surface area (TPSA) is 117 Å². The van der Waals surface area contributed by atoms with Crippen LogP contribution in [-0.2, 0) is 0 Å². The van der Waals surface area contributed by atoms with E-state index in [1.54, 1.807) is 7.05 Å². The number of hydrogen-bond donors (Lipinski definition) is 2. The number of benzene rings is 1. The normalized spacial score (nSPS) is 26.5. The highest BCUT2D eigenvalue weighted by atomic mass is 79.9. The number of pyridine rings is 1. The maximum absolute atomic E-state index is 15.2. The Balaban J connectivity index is 1.43. The first kappa shape index (κ1) is 26.5. The summed E-state index contributed by atoms with van der Waals surface area (Å²) in [5.74, 6) is -3.79. The van der Waals surface area contributed by atoms with Crippen LogP contribution in [0, 0.1) is 33.3 Å². The Kier molecular flexibility index (Phi) is 6.44. The van der Waals surface area contributed by atoms with Crippen LogP contribution in [0.25, 0.3) is 0 Å². The third-order valence-electron chi connectivity index (χ3n) is 8.47. The molecule has 202 valence electrons. The predicted octanol–water partition coefficient (Wildman–Crippen LogP) is 5.23. The number of amides is 1. The van der Waals surface area contributed by atoms with Gasteiger partial charge in [-0.25, -0.2) is 8.78 Å². The third-order valence-corrected chi connectivity index (χ3v) is 8.93. The van der Waals surface area contributed by atoms with Crippen molar-refractivity contribution in [1.29, 1.82) is 0 Å². The highest BCUT2D eigenvalue weighted by Crippen LogP contribution is 2.68. The van der Waals surface area contributed by atoms with Crippen LogP contribution in [0.5, 0.6) is 0 Å². The fourth-order valence-corrected chi connectivity index (χ4v) is 6.60. The van der Waals surface area contributed by atoms with E-state index in [0.29, 0.717) is 34.8 Å². The fraction of sp³-hybridized carbons (Fsp3) is 0.500. The summed E-state index contributed by atoms with van der Waals surface area (Å²) in [5.41, 5.74) is 0.186. The number of nitro groups is 1. The van der Waals surface area contributed by atoms with Gasteiger partial charge in [0.1, 0.15) is 11.7 Å². The standard InChI is InChI=1S/C26H28BrF2N5O4/c1-25(2)18-5-13(6-19(18)25)23(35)17-7-15(27)8-20(34(37)38)22(17)32-21-11-33(12-26(21,28)29)24(36)14-4-16(30-3)10-31-9-14/h4,7-10,13,18-19,21,30,32H,5-6,11-12H2,1-3H3. The number of nitro benzene ring substituents is 1. The van der Waals surface area contributed by atoms with Crippen molar-refractivity contribution in [1.82, 2.24) is 9.88 Å². The van der Waals surface area contributed by atoms with E-state index in [2.05, 4.69) is 45.4 Å². The summed E-state index contributed by atoms with van der Waals surface area (Å²) >= 11 is 3.24. The number of aromatic nitrogens is 1. The molecule has 2 N–H and O–H groups in total. The number of anilines is 2. The van der Waals surface area contributed by atoms with Crippen molar-refractivity contribution in [3.8, 4) is 0 Å². The number of carbonyl (C=O) groups excluding carboxylic acids is 2. The minimum atomic E-state index is -3.40. The second kappa shape index (κ2) is 9.25. The zero-order valence-electron chi connectivity index (χ0n) is 21.1. The van der Waals surface area contributed by atoms with Crippen molar-refractivity contribution in [2.45, 2.75) is 38.7 Å². The lowest BCUT2D eigenvalue weighted by Crippen LogP contribution is -2.38. The number of ketones is 1. The molecule has 2 heterocycles. The summed E-state index contributed by atoms with van der Waals surface area (Å²) in [6.45, 7) is 3.06. The van der Waals surface area contributed by atoms with E-state index < -0.39 is 41.6 Å². The number of nitrogens with one attached hydrogen (secondary N) is 2. The Labute approximate surface area is 226 Å². The van der Waals surface area contributed by atoms with Gasteiger partial charge < -0.3 is 15.5 Å². The van der Waals surface area contributed by atoms with Gasteiger partial charge in [0.25, 0.3) is 17.5 Å². The number of hydrogen-bond acceptors (Lipinski definition) is 7. The Bertz CT molecular complexity index is 1320. The summed E-state index contributed by atoms with van der Waals surface area (Å²) in [6.07, 6.45) is 4.15. The number of nitrogens with zero attached hydrogens (tertiary/aromatic N) is 3. The molecule has 2 aromatic rings. The van der Waals surface area contributed by atoms with Gasteiger partial charge in [-0.1, -0.05) is 29.8 Å². The monoisotopic (exact) mass is 591 g/mol. The first-order valence-electron chi connectivity index (χ1n) is 12.4. The molecule has 1 amide bonds. The number of carbonyl (C=O) groups is 2. The number of halogens is 3. The summed E-state index contributed by atoms with van der Waals surface area (Å²) < 4.78 is 30.7. The second-order valence-corrected chi connectivity index (χ2v) is 11.9. The van der Waals surface area contributed by atoms with Crippen molar-refractivity contribution in [2.24, 2.45) is 23.2 Å². The van der Waals surface area contributed by atoms with Crippen molar-refractivity contribution in [3.63, 3.8) is 0 Å². The van der Waals surface area contributed by atoms with Crippen molar-refractivity contribution in [2.75, 3.05) is 30.8 Å². The molecule has 5 rings (SSSR count). The van der Waals surface area contributed by atoms with Gasteiger partial charge in [-0.15, -0.1) is 0 Å². The maximum Gasteiger partial charge on any atom is 0.294 e. The number of rotatable bonds is 7. The number of alkyl halides is 2. The van der Waals surface area contributed by atoms with Gasteiger partial charge in [0.05, 0.1) is 22.7 Å². The second-order valence-electron chi connectivity index (χ2n) is 11.0. The Morgan fingerprint density at radius 1 is 1.18 bits per heavy atom. The smallest absolute Gasteiger partial charge is 0.294 e. The van der Waals surface area contributed by atoms with Gasteiger partial charge in [0.15, 0.2) is 5.78 Å². The average Bonchev–Trinajstić information content (AvgIpc) is 3.20. The van der Waals surface area contributed by atoms with E-state index in [9.17, 15) is 19.7 Å². The van der Waals surface area contributed by atoms with Crippen LogP contribution in [0.2, 0.25) is 0 Å². The fourth-order valence-electron chi connectivity index (χ4n) is 6.16. The first-order valence-corrected chi connectivity index (χ1v) is 13.2. The van der Waals surface area contributed by atoms with E-state index in [1.165, 1.54) is 30.6 Å². The van der Waals surface area contributed by atoms with Crippen LogP contribution in [0.3, 0.4) is 0 Å². The van der Waals surface area contributed by atoms with E-state index in [1.807, 2.05) is 0 Å². The van der Waals surface area contributed by atoms with Gasteiger partial charge in [0, 0.05) is 48.0 Å². The molecule has 0 bridgehead atoms. The Hall–Kier alpha value is -3.15. The van der Waals surface area contributed by atoms with Crippen LogP contribution in [-0.4, -0.2) is 58.6 Å². The molecule has 3 fully saturated rings. The number of Topliss-reactive ketones (excluding diaryl/α,β-unsaturated/α-hetero) is 1. The Morgan fingerprint density at radius 2 is 1.87 bits per heavy atom. The molecule has 3 aliphatic rings. The zero-order valence-corrected chi connectivity index (χ0v) is 22.7. The molecule has 1 aliphatic heterocycles. The largest absolute Gasteiger partial charge is 0.387 e. The molecule has 12 heteroatoms. The molecule has 0 radical (unpaired) electrons. The predicted molar refractivity (Wildman–Crippen MR) is 141 cm³/mol. The first-order chi connectivity index (χ1) is 17.8. The lowest BCUT2D eigenvalue weighted by Gasteiger charge is -2.23. The molecule has 3 unspecified atom stereocenters. The molecule has 9 nitrogen and oxygen atoms in total. The number of likely N-dealkylation sites (tertiary alicyclic amines) is 1. The molecule has 1 saturated heterocycles. The van der Waals surface area contributed by atoms with E-state index >= 15 is 8.78 Å². The number of fused-ring (bicyclic) bond motifs is 1. The average molecular weight is 592 g/mol. The molecule has 0 spiro atoms. The molecular formula is C26H28BrF2N5O4. The highest BCUT2D eigenvalue weighted by Gasteiger charge is 2.63. The van der Waals surface area contributed by atoms with Crippen LogP contribution in [0.15, 0.2) is 35.1 Å². The van der Waals surface area contributed by atoms with Crippen LogP contribution in [0.1, 0.15) is 47.4 Å². The molecule has 1 aromatic carbocycles. The lowest BCUT2D eigenvalue weighted by atomic mass is 9.87. The van der Waals surface area contributed by atoms with Crippen molar-refractivity contribution >= 4 is 44.7 Å². The van der Waals surface area contributed by atoms with E-state index in [0.717, 1.165) is 4.90 Å². The van der Waals surface area contributed by atoms with Gasteiger partial charge in [0.2, 0.25) is 0 Å². The lowest BCUT2D eigenvalue weighted by molar-refractivity contribution is -0.384. The zero-order chi connectivity index (χ0) is 27.6. The molecule has 1 aromatic heterocycles. The quantitative estimate of drug-likeness (QED) is 0.257. The summed E-state index contributed by atoms with van der Waals surface area (Å²) in [6, 6.07) is 2.53. The molecule has 3 atom stereocenters. The minimum Gasteiger partial charge on any atom is -0.387 e. The Morgan fingerprint density at radius 3 is 2.50 bits per heavy atom. The summed E-state index contributed by atoms with van der Waals surface area (Å²) in [4.78, 5) is 42.8. The molecular weight excluding hydrogens is 564 g/mol. The third kappa shape index (κ3) is 4.52. The van der Waals surface area contributed by atoms with Crippen LogP contribution in [0.4, 0.5) is 25.8 Å². The SMILES string of the molecule is CNc1cncc(C(=O)N2CC(Nc3c(C(=O)C4CC5C(C4)C5(C)C)cc(Br)cc3[N+](=O)[O-])C(F)(F)C2)c1. The van der Waals surface area contributed by atoms with Gasteiger partial charge in [-0.2, -0.15) is 0 Å². The van der Waals surface area contributed by atoms with Crippen LogP contribution >= 0.6 is 15.9 Å². The maximum atomic E-state index is 15.2. The molecule has 2 saturated carbocycles. The molecule has 38 heavy (non-hydrogen) atoms. The van der Waals surface area contributed by atoms with Crippen molar-refractivity contribution in [3.05, 3.63) is 56.3 Å².